The highest BCUT2D eigenvalue weighted by molar-refractivity contribution is 5.59. The van der Waals surface area contributed by atoms with E-state index in [4.69, 9.17) is 5.26 Å². The molecule has 1 aromatic heterocycles. The van der Waals surface area contributed by atoms with E-state index in [0.717, 1.165) is 23.1 Å². The van der Waals surface area contributed by atoms with Gasteiger partial charge in [-0.2, -0.15) is 5.26 Å². The smallest absolute Gasteiger partial charge is 0.101 e. The van der Waals surface area contributed by atoms with Crippen molar-refractivity contribution in [2.45, 2.75) is 71.1 Å². The third-order valence-corrected chi connectivity index (χ3v) is 6.09. The number of benzene rings is 1. The molecule has 1 aromatic carbocycles. The van der Waals surface area contributed by atoms with Gasteiger partial charge < -0.3 is 0 Å². The molecule has 27 heavy (non-hydrogen) atoms. The lowest BCUT2D eigenvalue weighted by Gasteiger charge is -2.29. The van der Waals surface area contributed by atoms with Gasteiger partial charge in [-0.15, -0.1) is 0 Å². The summed E-state index contributed by atoms with van der Waals surface area (Å²) >= 11 is 0. The van der Waals surface area contributed by atoms with E-state index in [9.17, 15) is 0 Å². The minimum Gasteiger partial charge on any atom is -0.255 e. The van der Waals surface area contributed by atoms with Gasteiger partial charge in [0.25, 0.3) is 0 Å². The van der Waals surface area contributed by atoms with Crippen LogP contribution in [-0.2, 0) is 6.42 Å². The molecule has 2 aromatic rings. The summed E-state index contributed by atoms with van der Waals surface area (Å²) in [6.45, 7) is 2.30. The summed E-state index contributed by atoms with van der Waals surface area (Å²) in [5.74, 6) is 1.91. The molecular formula is C25H32N2. The second-order valence-electron chi connectivity index (χ2n) is 8.17. The highest BCUT2D eigenvalue weighted by atomic mass is 14.7. The van der Waals surface area contributed by atoms with Crippen LogP contribution < -0.4 is 0 Å². The van der Waals surface area contributed by atoms with Crippen molar-refractivity contribution in [3.8, 4) is 17.3 Å². The minimum absolute atomic E-state index is 0.607. The predicted molar refractivity (Wildman–Crippen MR) is 112 cm³/mol. The molecule has 1 aliphatic rings. The van der Waals surface area contributed by atoms with Gasteiger partial charge in [0.05, 0.1) is 11.3 Å². The molecule has 0 radical (unpaired) electrons. The highest BCUT2D eigenvalue weighted by Crippen LogP contribution is 2.34. The molecular weight excluding hydrogens is 328 g/mol. The Morgan fingerprint density at radius 3 is 2.44 bits per heavy atom. The summed E-state index contributed by atoms with van der Waals surface area (Å²) in [7, 11) is 0. The number of aromatic nitrogens is 1. The van der Waals surface area contributed by atoms with E-state index in [1.165, 1.54) is 69.8 Å². The molecule has 1 saturated carbocycles. The summed E-state index contributed by atoms with van der Waals surface area (Å²) in [4.78, 5) is 4.39. The molecule has 0 amide bonds. The van der Waals surface area contributed by atoms with E-state index in [1.807, 2.05) is 12.1 Å². The summed E-state index contributed by atoms with van der Waals surface area (Å²) in [5.41, 5.74) is 4.09. The van der Waals surface area contributed by atoms with Crippen molar-refractivity contribution in [1.82, 2.24) is 4.98 Å². The van der Waals surface area contributed by atoms with Gasteiger partial charge in [0.1, 0.15) is 6.07 Å². The molecule has 2 heteroatoms. The van der Waals surface area contributed by atoms with E-state index in [0.29, 0.717) is 5.56 Å². The van der Waals surface area contributed by atoms with Crippen LogP contribution in [0.1, 0.15) is 75.8 Å². The van der Waals surface area contributed by atoms with Gasteiger partial charge in [0.2, 0.25) is 0 Å². The number of hydrogen-bond acceptors (Lipinski definition) is 2. The average molecular weight is 361 g/mol. The number of rotatable bonds is 8. The summed E-state index contributed by atoms with van der Waals surface area (Å²) in [6, 6.07) is 14.7. The fraction of sp³-hybridized carbons (Fsp3) is 0.520. The Bertz CT molecular complexity index is 724. The van der Waals surface area contributed by atoms with Crippen LogP contribution in [0.2, 0.25) is 0 Å². The Morgan fingerprint density at radius 1 is 1.00 bits per heavy atom. The van der Waals surface area contributed by atoms with Crippen molar-refractivity contribution < 1.29 is 0 Å². The third-order valence-electron chi connectivity index (χ3n) is 6.09. The van der Waals surface area contributed by atoms with E-state index in [2.05, 4.69) is 42.2 Å². The Labute approximate surface area is 164 Å². The monoisotopic (exact) mass is 360 g/mol. The number of unbranched alkanes of at least 4 members (excludes halogenated alkanes) is 2. The first kappa shape index (κ1) is 19.6. The normalized spacial score (nSPS) is 19.6. The summed E-state index contributed by atoms with van der Waals surface area (Å²) in [5, 5.41) is 8.88. The molecule has 0 spiro atoms. The van der Waals surface area contributed by atoms with Crippen LogP contribution in [0.4, 0.5) is 0 Å². The zero-order valence-electron chi connectivity index (χ0n) is 16.7. The Balaban J connectivity index is 1.49. The molecule has 142 valence electrons. The predicted octanol–water partition coefficient (Wildman–Crippen LogP) is 6.94. The zero-order chi connectivity index (χ0) is 18.9. The van der Waals surface area contributed by atoms with Crippen molar-refractivity contribution in [1.29, 1.82) is 5.26 Å². The second-order valence-corrected chi connectivity index (χ2v) is 8.17. The maximum absolute atomic E-state index is 8.88. The number of nitrogens with zero attached hydrogens (tertiary/aromatic N) is 2. The first-order valence-electron chi connectivity index (χ1n) is 10.7. The van der Waals surface area contributed by atoms with E-state index in [-0.39, 0.29) is 0 Å². The number of pyridine rings is 1. The van der Waals surface area contributed by atoms with Crippen LogP contribution in [0.5, 0.6) is 0 Å². The average Bonchev–Trinajstić information content (AvgIpc) is 2.73. The van der Waals surface area contributed by atoms with Crippen molar-refractivity contribution in [3.05, 3.63) is 53.7 Å². The van der Waals surface area contributed by atoms with Crippen molar-refractivity contribution in [2.24, 2.45) is 11.8 Å². The molecule has 0 aliphatic heterocycles. The molecule has 2 unspecified atom stereocenters. The van der Waals surface area contributed by atoms with Gasteiger partial charge in [-0.3, -0.25) is 4.98 Å². The largest absolute Gasteiger partial charge is 0.255 e. The van der Waals surface area contributed by atoms with E-state index >= 15 is 0 Å². The SMILES string of the molecule is CCCCCC1CCCC(CCc2ccc(-c3ccc(C#N)cn3)cc2)C1. The topological polar surface area (TPSA) is 36.7 Å². The molecule has 0 N–H and O–H groups in total. The molecule has 0 saturated heterocycles. The minimum atomic E-state index is 0.607. The van der Waals surface area contributed by atoms with Gasteiger partial charge in [-0.1, -0.05) is 76.1 Å². The Hall–Kier alpha value is -2.14. The number of hydrogen-bond donors (Lipinski definition) is 0. The summed E-state index contributed by atoms with van der Waals surface area (Å²) < 4.78 is 0. The zero-order valence-corrected chi connectivity index (χ0v) is 16.7. The lowest BCUT2D eigenvalue weighted by molar-refractivity contribution is 0.240. The van der Waals surface area contributed by atoms with Crippen LogP contribution in [0.3, 0.4) is 0 Å². The van der Waals surface area contributed by atoms with Crippen LogP contribution in [0, 0.1) is 23.2 Å². The molecule has 3 rings (SSSR count). The molecule has 0 bridgehead atoms. The number of aryl methyl sites for hydroxylation is 1. The summed E-state index contributed by atoms with van der Waals surface area (Å²) in [6.07, 6.45) is 15.6. The van der Waals surface area contributed by atoms with Crippen LogP contribution in [0.25, 0.3) is 11.3 Å². The first-order valence-corrected chi connectivity index (χ1v) is 10.7. The van der Waals surface area contributed by atoms with Crippen molar-refractivity contribution >= 4 is 0 Å². The van der Waals surface area contributed by atoms with Crippen LogP contribution in [0.15, 0.2) is 42.6 Å². The molecule has 2 nitrogen and oxygen atoms in total. The highest BCUT2D eigenvalue weighted by Gasteiger charge is 2.21. The molecule has 1 fully saturated rings. The molecule has 1 aliphatic carbocycles. The van der Waals surface area contributed by atoms with Gasteiger partial charge in [-0.25, -0.2) is 0 Å². The van der Waals surface area contributed by atoms with Gasteiger partial charge in [0, 0.05) is 11.8 Å². The maximum Gasteiger partial charge on any atom is 0.101 e. The van der Waals surface area contributed by atoms with E-state index < -0.39 is 0 Å². The van der Waals surface area contributed by atoms with E-state index in [1.54, 1.807) is 6.20 Å². The fourth-order valence-corrected chi connectivity index (χ4v) is 4.45. The molecule has 1 heterocycles. The van der Waals surface area contributed by atoms with Crippen LogP contribution in [-0.4, -0.2) is 4.98 Å². The van der Waals surface area contributed by atoms with Crippen molar-refractivity contribution in [2.75, 3.05) is 0 Å². The van der Waals surface area contributed by atoms with Crippen LogP contribution >= 0.6 is 0 Å². The second kappa shape index (κ2) is 10.3. The van der Waals surface area contributed by atoms with Gasteiger partial charge >= 0.3 is 0 Å². The molecule has 2 atom stereocenters. The van der Waals surface area contributed by atoms with Crippen molar-refractivity contribution in [3.63, 3.8) is 0 Å². The standard InChI is InChI=1S/C25H32N2/c1-2-3-4-6-21-7-5-8-22(17-21)10-9-20-11-14-24(15-12-20)25-16-13-23(18-26)19-27-25/h11-16,19,21-22H,2-10,17H2,1H3. The Morgan fingerprint density at radius 2 is 1.78 bits per heavy atom. The Kier molecular flexibility index (Phi) is 7.45. The number of nitriles is 1. The lowest BCUT2D eigenvalue weighted by atomic mass is 9.77. The maximum atomic E-state index is 8.88. The van der Waals surface area contributed by atoms with Gasteiger partial charge in [-0.05, 0) is 48.8 Å². The first-order chi connectivity index (χ1) is 13.3. The lowest BCUT2D eigenvalue weighted by Crippen LogP contribution is -2.16. The fourth-order valence-electron chi connectivity index (χ4n) is 4.45. The third kappa shape index (κ3) is 5.93. The quantitative estimate of drug-likeness (QED) is 0.478. The van der Waals surface area contributed by atoms with Gasteiger partial charge in [0.15, 0.2) is 0 Å².